The number of nitrogens with one attached hydrogen (secondary N) is 1. The molecule has 1 aromatic rings. The minimum atomic E-state index is -1.31. The van der Waals surface area contributed by atoms with E-state index >= 15 is 0 Å². The number of benzene rings is 1. The Morgan fingerprint density at radius 2 is 2.06 bits per heavy atom. The third-order valence-corrected chi connectivity index (χ3v) is 2.60. The second-order valence-electron chi connectivity index (χ2n) is 3.78. The highest BCUT2D eigenvalue weighted by molar-refractivity contribution is 6.00. The van der Waals surface area contributed by atoms with Crippen molar-refractivity contribution in [3.05, 3.63) is 35.7 Å². The summed E-state index contributed by atoms with van der Waals surface area (Å²) in [4.78, 5) is 22.5. The Kier molecular flexibility index (Phi) is 2.90. The molecule has 0 radical (unpaired) electrons. The molecular weight excluding hydrogens is 236 g/mol. The van der Waals surface area contributed by atoms with Crippen molar-refractivity contribution in [2.24, 2.45) is 11.6 Å². The van der Waals surface area contributed by atoms with Crippen LogP contribution in [-0.4, -0.2) is 17.0 Å². The number of carbonyl (C=O) groups excluding carboxylic acids is 1. The van der Waals surface area contributed by atoms with Crippen molar-refractivity contribution in [3.63, 3.8) is 0 Å². The molecule has 0 aliphatic carbocycles. The van der Waals surface area contributed by atoms with Crippen LogP contribution in [0.1, 0.15) is 6.42 Å². The van der Waals surface area contributed by atoms with Crippen LogP contribution in [-0.2, 0) is 9.59 Å². The third kappa shape index (κ3) is 1.98. The number of amides is 1. The summed E-state index contributed by atoms with van der Waals surface area (Å²) in [5.41, 5.74) is 6.07. The molecule has 0 aromatic heterocycles. The fourth-order valence-electron chi connectivity index (χ4n) is 1.71. The van der Waals surface area contributed by atoms with Gasteiger partial charge in [0.05, 0.1) is 23.5 Å². The highest BCUT2D eigenvalue weighted by Gasteiger charge is 2.25. The number of hydrazine groups is 1. The number of hydrogen-bond acceptors (Lipinski definition) is 5. The molecule has 0 saturated carbocycles. The first-order chi connectivity index (χ1) is 8.50. The van der Waals surface area contributed by atoms with Gasteiger partial charge in [-0.2, -0.15) is 0 Å². The molecule has 1 aliphatic rings. The standard InChI is InChI=1S/C11H12N4O3/c12-10(11(17)18)8-5-9(16)14-6-3-1-2-4-7(6)15(8)13/h1-4H,5,12-13H2,(H,14,16)(H,17,18)/b10-8-. The summed E-state index contributed by atoms with van der Waals surface area (Å²) in [7, 11) is 0. The summed E-state index contributed by atoms with van der Waals surface area (Å²) in [6, 6.07) is 6.80. The second-order valence-corrected chi connectivity index (χ2v) is 3.78. The number of para-hydroxylation sites is 2. The molecule has 1 amide bonds. The highest BCUT2D eigenvalue weighted by Crippen LogP contribution is 2.30. The van der Waals surface area contributed by atoms with Gasteiger partial charge in [0.25, 0.3) is 0 Å². The second kappa shape index (κ2) is 4.38. The maximum atomic E-state index is 11.7. The highest BCUT2D eigenvalue weighted by atomic mass is 16.4. The van der Waals surface area contributed by atoms with Gasteiger partial charge in [-0.15, -0.1) is 0 Å². The van der Waals surface area contributed by atoms with E-state index in [0.717, 1.165) is 5.01 Å². The Balaban J connectivity index is 2.58. The van der Waals surface area contributed by atoms with Crippen molar-refractivity contribution >= 4 is 23.3 Å². The summed E-state index contributed by atoms with van der Waals surface area (Å²) in [6.07, 6.45) is -0.191. The van der Waals surface area contributed by atoms with E-state index in [9.17, 15) is 9.59 Å². The monoisotopic (exact) mass is 248 g/mol. The van der Waals surface area contributed by atoms with Crippen LogP contribution < -0.4 is 21.9 Å². The lowest BCUT2D eigenvalue weighted by Gasteiger charge is -2.21. The van der Waals surface area contributed by atoms with E-state index < -0.39 is 11.7 Å². The van der Waals surface area contributed by atoms with Gasteiger partial charge in [-0.25, -0.2) is 10.6 Å². The summed E-state index contributed by atoms with van der Waals surface area (Å²) in [5.74, 6) is 4.15. The van der Waals surface area contributed by atoms with Gasteiger partial charge in [0.2, 0.25) is 5.91 Å². The van der Waals surface area contributed by atoms with Gasteiger partial charge in [0.1, 0.15) is 5.70 Å². The molecule has 94 valence electrons. The maximum Gasteiger partial charge on any atom is 0.353 e. The van der Waals surface area contributed by atoms with Gasteiger partial charge in [-0.05, 0) is 12.1 Å². The molecule has 0 atom stereocenters. The van der Waals surface area contributed by atoms with Gasteiger partial charge in [0, 0.05) is 0 Å². The molecule has 18 heavy (non-hydrogen) atoms. The van der Waals surface area contributed by atoms with E-state index in [-0.39, 0.29) is 18.0 Å². The minimum absolute atomic E-state index is 0.0601. The first-order valence-corrected chi connectivity index (χ1v) is 5.16. The zero-order chi connectivity index (χ0) is 13.3. The summed E-state index contributed by atoms with van der Waals surface area (Å²) in [5, 5.41) is 12.6. The SMILES string of the molecule is N/C(C(=O)O)=C1/CC(=O)Nc2ccccc2N1N. The Morgan fingerprint density at radius 3 is 2.72 bits per heavy atom. The van der Waals surface area contributed by atoms with Crippen LogP contribution in [0.15, 0.2) is 35.7 Å². The Morgan fingerprint density at radius 1 is 1.39 bits per heavy atom. The molecule has 0 fully saturated rings. The van der Waals surface area contributed by atoms with Gasteiger partial charge in [0.15, 0.2) is 0 Å². The first-order valence-electron chi connectivity index (χ1n) is 5.16. The predicted octanol–water partition coefficient (Wildman–Crippen LogP) is -0.0362. The van der Waals surface area contributed by atoms with Crippen LogP contribution in [0.3, 0.4) is 0 Å². The van der Waals surface area contributed by atoms with E-state index in [1.54, 1.807) is 24.3 Å². The third-order valence-electron chi connectivity index (χ3n) is 2.60. The van der Waals surface area contributed by atoms with E-state index in [0.29, 0.717) is 11.4 Å². The smallest absolute Gasteiger partial charge is 0.353 e. The van der Waals surface area contributed by atoms with E-state index in [1.165, 1.54) is 0 Å². The number of rotatable bonds is 1. The van der Waals surface area contributed by atoms with Crippen molar-refractivity contribution in [1.82, 2.24) is 0 Å². The summed E-state index contributed by atoms with van der Waals surface area (Å²) < 4.78 is 0. The molecule has 0 unspecified atom stereocenters. The fraction of sp³-hybridized carbons (Fsp3) is 0.0909. The number of fused-ring (bicyclic) bond motifs is 1. The van der Waals surface area contributed by atoms with Gasteiger partial charge in [-0.3, -0.25) is 9.80 Å². The Labute approximate surface area is 103 Å². The van der Waals surface area contributed by atoms with Crippen LogP contribution in [0, 0.1) is 0 Å². The minimum Gasteiger partial charge on any atom is -0.477 e. The molecule has 1 heterocycles. The fourth-order valence-corrected chi connectivity index (χ4v) is 1.71. The predicted molar refractivity (Wildman–Crippen MR) is 65.2 cm³/mol. The maximum absolute atomic E-state index is 11.7. The molecular formula is C11H12N4O3. The lowest BCUT2D eigenvalue weighted by Crippen LogP contribution is -2.34. The normalized spacial score (nSPS) is 17.6. The zero-order valence-electron chi connectivity index (χ0n) is 9.38. The van der Waals surface area contributed by atoms with Crippen molar-refractivity contribution in [1.29, 1.82) is 0 Å². The van der Waals surface area contributed by atoms with Gasteiger partial charge >= 0.3 is 5.97 Å². The molecule has 1 aliphatic heterocycles. The molecule has 1 aromatic carbocycles. The van der Waals surface area contributed by atoms with Crippen LogP contribution in [0.5, 0.6) is 0 Å². The molecule has 0 bridgehead atoms. The number of carboxylic acids is 1. The van der Waals surface area contributed by atoms with Crippen LogP contribution in [0.25, 0.3) is 0 Å². The van der Waals surface area contributed by atoms with E-state index in [1.807, 2.05) is 0 Å². The van der Waals surface area contributed by atoms with Crippen molar-refractivity contribution in [2.75, 3.05) is 10.3 Å². The first kappa shape index (κ1) is 11.9. The van der Waals surface area contributed by atoms with Crippen LogP contribution in [0.4, 0.5) is 11.4 Å². The molecule has 2 rings (SSSR count). The number of nitrogens with two attached hydrogens (primary N) is 2. The van der Waals surface area contributed by atoms with Crippen molar-refractivity contribution < 1.29 is 14.7 Å². The molecule has 0 spiro atoms. The molecule has 6 N–H and O–H groups in total. The molecule has 0 saturated heterocycles. The largest absolute Gasteiger partial charge is 0.477 e. The number of aliphatic carboxylic acids is 1. The summed E-state index contributed by atoms with van der Waals surface area (Å²) in [6.45, 7) is 0. The van der Waals surface area contributed by atoms with Crippen LogP contribution >= 0.6 is 0 Å². The number of carbonyl (C=O) groups is 2. The number of nitrogens with zero attached hydrogens (tertiary/aromatic N) is 1. The summed E-state index contributed by atoms with van der Waals surface area (Å²) >= 11 is 0. The van der Waals surface area contributed by atoms with Gasteiger partial charge < -0.3 is 16.2 Å². The number of carboxylic acid groups (broad SMARTS) is 1. The molecule has 7 heteroatoms. The Hall–Kier alpha value is -2.54. The zero-order valence-corrected chi connectivity index (χ0v) is 9.38. The van der Waals surface area contributed by atoms with Gasteiger partial charge in [-0.1, -0.05) is 12.1 Å². The lowest BCUT2D eigenvalue weighted by molar-refractivity contribution is -0.132. The van der Waals surface area contributed by atoms with Crippen molar-refractivity contribution in [2.45, 2.75) is 6.42 Å². The van der Waals surface area contributed by atoms with Crippen LogP contribution in [0.2, 0.25) is 0 Å². The van der Waals surface area contributed by atoms with Crippen molar-refractivity contribution in [3.8, 4) is 0 Å². The molecule has 7 nitrogen and oxygen atoms in total. The quantitative estimate of drug-likeness (QED) is 0.409. The number of anilines is 2. The Bertz CT molecular complexity index is 553. The van der Waals surface area contributed by atoms with E-state index in [2.05, 4.69) is 5.32 Å². The topological polar surface area (TPSA) is 122 Å². The van der Waals surface area contributed by atoms with E-state index in [4.69, 9.17) is 16.7 Å². The average Bonchev–Trinajstić information content (AvgIpc) is 2.46. The lowest BCUT2D eigenvalue weighted by atomic mass is 10.2. The number of hydrogen-bond donors (Lipinski definition) is 4. The average molecular weight is 248 g/mol.